The molecule has 0 spiro atoms. The minimum Gasteiger partial charge on any atom is -0.396 e. The second-order valence-electron chi connectivity index (χ2n) is 4.85. The van der Waals surface area contributed by atoms with Gasteiger partial charge in [-0.25, -0.2) is 0 Å². The molecule has 0 radical (unpaired) electrons. The lowest BCUT2D eigenvalue weighted by Gasteiger charge is -2.08. The van der Waals surface area contributed by atoms with Crippen molar-refractivity contribution in [1.29, 1.82) is 0 Å². The Morgan fingerprint density at radius 3 is 2.47 bits per heavy atom. The Kier molecular flexibility index (Phi) is 11.4. The summed E-state index contributed by atoms with van der Waals surface area (Å²) in [6.07, 6.45) is 5.17. The van der Waals surface area contributed by atoms with Crippen molar-refractivity contribution < 1.29 is 9.90 Å². The summed E-state index contributed by atoms with van der Waals surface area (Å²) in [7, 11) is 0. The zero-order valence-electron chi connectivity index (χ0n) is 11.3. The van der Waals surface area contributed by atoms with Crippen LogP contribution in [0.15, 0.2) is 0 Å². The van der Waals surface area contributed by atoms with E-state index in [1.807, 2.05) is 0 Å². The van der Waals surface area contributed by atoms with Gasteiger partial charge < -0.3 is 15.7 Å². The lowest BCUT2D eigenvalue weighted by Crippen LogP contribution is -2.35. The highest BCUT2D eigenvalue weighted by molar-refractivity contribution is 5.77. The van der Waals surface area contributed by atoms with E-state index in [1.165, 1.54) is 0 Å². The van der Waals surface area contributed by atoms with Crippen LogP contribution in [0.25, 0.3) is 0 Å². The topological polar surface area (TPSA) is 61.4 Å². The predicted molar refractivity (Wildman–Crippen MR) is 70.9 cm³/mol. The third-order valence-corrected chi connectivity index (χ3v) is 2.59. The molecular formula is C13H28N2O2. The van der Waals surface area contributed by atoms with Gasteiger partial charge in [0.05, 0.1) is 6.54 Å². The second kappa shape index (κ2) is 11.9. The number of aliphatic hydroxyl groups excluding tert-OH is 1. The first-order valence-electron chi connectivity index (χ1n) is 6.75. The molecule has 1 amide bonds. The first kappa shape index (κ1) is 16.4. The quantitative estimate of drug-likeness (QED) is 0.480. The van der Waals surface area contributed by atoms with E-state index in [9.17, 15) is 4.79 Å². The number of nitrogens with one attached hydrogen (secondary N) is 2. The van der Waals surface area contributed by atoms with E-state index in [2.05, 4.69) is 24.5 Å². The summed E-state index contributed by atoms with van der Waals surface area (Å²) in [5, 5.41) is 14.6. The molecule has 0 aliphatic rings. The second-order valence-corrected chi connectivity index (χ2v) is 4.85. The van der Waals surface area contributed by atoms with Crippen LogP contribution in [0.1, 0.15) is 46.0 Å². The minimum absolute atomic E-state index is 0.0843. The van der Waals surface area contributed by atoms with Crippen LogP contribution < -0.4 is 10.6 Å². The van der Waals surface area contributed by atoms with Crippen molar-refractivity contribution in [2.24, 2.45) is 5.92 Å². The Hall–Kier alpha value is -0.610. The molecule has 0 aliphatic heterocycles. The van der Waals surface area contributed by atoms with Crippen LogP contribution >= 0.6 is 0 Å². The summed E-state index contributed by atoms with van der Waals surface area (Å²) in [5.41, 5.74) is 0. The van der Waals surface area contributed by atoms with E-state index in [4.69, 9.17) is 5.11 Å². The van der Waals surface area contributed by atoms with Crippen LogP contribution in [0.2, 0.25) is 0 Å². The number of aliphatic hydroxyl groups is 1. The molecule has 0 aromatic rings. The molecule has 3 N–H and O–H groups in total. The monoisotopic (exact) mass is 244 g/mol. The molecule has 0 unspecified atom stereocenters. The van der Waals surface area contributed by atoms with Gasteiger partial charge in [-0.15, -0.1) is 0 Å². The molecule has 0 saturated carbocycles. The maximum absolute atomic E-state index is 11.4. The molecule has 0 heterocycles. The van der Waals surface area contributed by atoms with Crippen LogP contribution in [0, 0.1) is 5.92 Å². The predicted octanol–water partition coefficient (Wildman–Crippen LogP) is 1.29. The van der Waals surface area contributed by atoms with Gasteiger partial charge in [0.1, 0.15) is 0 Å². The molecule has 0 bridgehead atoms. The Morgan fingerprint density at radius 1 is 1.12 bits per heavy atom. The molecular weight excluding hydrogens is 216 g/mol. The molecule has 0 aromatic heterocycles. The average molecular weight is 244 g/mol. The number of hydrogen-bond acceptors (Lipinski definition) is 3. The first-order chi connectivity index (χ1) is 8.16. The Labute approximate surface area is 105 Å². The van der Waals surface area contributed by atoms with E-state index < -0.39 is 0 Å². The van der Waals surface area contributed by atoms with E-state index in [0.717, 1.165) is 45.2 Å². The Bertz CT molecular complexity index is 184. The molecule has 0 atom stereocenters. The van der Waals surface area contributed by atoms with Gasteiger partial charge >= 0.3 is 0 Å². The number of rotatable bonds is 11. The maximum atomic E-state index is 11.4. The summed E-state index contributed by atoms with van der Waals surface area (Å²) >= 11 is 0. The van der Waals surface area contributed by atoms with E-state index in [1.54, 1.807) is 0 Å². The zero-order chi connectivity index (χ0) is 12.9. The number of carbonyl (C=O) groups is 1. The summed E-state index contributed by atoms with van der Waals surface area (Å²) in [6, 6.07) is 0. The van der Waals surface area contributed by atoms with E-state index in [-0.39, 0.29) is 12.5 Å². The highest BCUT2D eigenvalue weighted by Gasteiger charge is 2.00. The van der Waals surface area contributed by atoms with Gasteiger partial charge in [-0.2, -0.15) is 0 Å². The van der Waals surface area contributed by atoms with Crippen LogP contribution in [0.4, 0.5) is 0 Å². The minimum atomic E-state index is 0.0843. The molecule has 4 nitrogen and oxygen atoms in total. The summed E-state index contributed by atoms with van der Waals surface area (Å²) in [4.78, 5) is 11.4. The molecule has 0 aliphatic carbocycles. The van der Waals surface area contributed by atoms with Gasteiger partial charge in [0.2, 0.25) is 5.91 Å². The third-order valence-electron chi connectivity index (χ3n) is 2.59. The molecule has 0 fully saturated rings. The number of hydrogen-bond donors (Lipinski definition) is 3. The molecule has 17 heavy (non-hydrogen) atoms. The summed E-state index contributed by atoms with van der Waals surface area (Å²) in [5.74, 6) is 0.718. The third kappa shape index (κ3) is 13.3. The normalized spacial score (nSPS) is 10.8. The van der Waals surface area contributed by atoms with Crippen molar-refractivity contribution in [1.82, 2.24) is 10.6 Å². The molecule has 4 heteroatoms. The smallest absolute Gasteiger partial charge is 0.233 e. The fourth-order valence-electron chi connectivity index (χ4n) is 1.48. The average Bonchev–Trinajstić information content (AvgIpc) is 2.27. The Balaban J connectivity index is 3.16. The van der Waals surface area contributed by atoms with Crippen molar-refractivity contribution >= 4 is 5.91 Å². The molecule has 0 rings (SSSR count). The molecule has 0 aromatic carbocycles. The fourth-order valence-corrected chi connectivity index (χ4v) is 1.48. The van der Waals surface area contributed by atoms with Crippen LogP contribution in [-0.2, 0) is 4.79 Å². The van der Waals surface area contributed by atoms with Crippen molar-refractivity contribution in [3.63, 3.8) is 0 Å². The lowest BCUT2D eigenvalue weighted by atomic mass is 10.1. The highest BCUT2D eigenvalue weighted by Crippen LogP contribution is 1.97. The van der Waals surface area contributed by atoms with Crippen LogP contribution in [-0.4, -0.2) is 37.3 Å². The number of carbonyl (C=O) groups excluding carboxylic acids is 1. The maximum Gasteiger partial charge on any atom is 0.233 e. The van der Waals surface area contributed by atoms with Gasteiger partial charge in [0.15, 0.2) is 0 Å². The van der Waals surface area contributed by atoms with Crippen molar-refractivity contribution in [3.8, 4) is 0 Å². The number of unbranched alkanes of at least 4 members (excludes halogenated alkanes) is 3. The van der Waals surface area contributed by atoms with E-state index in [0.29, 0.717) is 12.5 Å². The van der Waals surface area contributed by atoms with Gasteiger partial charge in [0, 0.05) is 13.2 Å². The van der Waals surface area contributed by atoms with Crippen LogP contribution in [0.3, 0.4) is 0 Å². The van der Waals surface area contributed by atoms with Crippen molar-refractivity contribution in [2.75, 3.05) is 26.2 Å². The standard InChI is InChI=1S/C13H28N2O2/c1-12(2)7-9-15-13(17)11-14-8-5-3-4-6-10-16/h12,14,16H,3-11H2,1-2H3,(H,15,17). The number of amides is 1. The molecule has 102 valence electrons. The fraction of sp³-hybridized carbons (Fsp3) is 0.923. The lowest BCUT2D eigenvalue weighted by molar-refractivity contribution is -0.120. The van der Waals surface area contributed by atoms with Gasteiger partial charge in [0.25, 0.3) is 0 Å². The summed E-state index contributed by atoms with van der Waals surface area (Å²) in [6.45, 7) is 6.65. The SMILES string of the molecule is CC(C)CCNC(=O)CNCCCCCCO. The van der Waals surface area contributed by atoms with Gasteiger partial charge in [-0.05, 0) is 31.7 Å². The highest BCUT2D eigenvalue weighted by atomic mass is 16.2. The van der Waals surface area contributed by atoms with Crippen molar-refractivity contribution in [3.05, 3.63) is 0 Å². The Morgan fingerprint density at radius 2 is 1.82 bits per heavy atom. The van der Waals surface area contributed by atoms with Crippen molar-refractivity contribution in [2.45, 2.75) is 46.0 Å². The van der Waals surface area contributed by atoms with Gasteiger partial charge in [-0.1, -0.05) is 26.7 Å². The zero-order valence-corrected chi connectivity index (χ0v) is 11.3. The van der Waals surface area contributed by atoms with Gasteiger partial charge in [-0.3, -0.25) is 4.79 Å². The largest absolute Gasteiger partial charge is 0.396 e. The first-order valence-corrected chi connectivity index (χ1v) is 6.75. The van der Waals surface area contributed by atoms with E-state index >= 15 is 0 Å². The van der Waals surface area contributed by atoms with Crippen LogP contribution in [0.5, 0.6) is 0 Å². The summed E-state index contributed by atoms with van der Waals surface area (Å²) < 4.78 is 0. The molecule has 0 saturated heterocycles.